The van der Waals surface area contributed by atoms with Crippen molar-refractivity contribution < 1.29 is 18.7 Å². The summed E-state index contributed by atoms with van der Waals surface area (Å²) in [6, 6.07) is 4.57. The highest BCUT2D eigenvalue weighted by Crippen LogP contribution is 2.33. The van der Waals surface area contributed by atoms with Crippen molar-refractivity contribution in [3.05, 3.63) is 47.4 Å². The van der Waals surface area contributed by atoms with Gasteiger partial charge in [0.05, 0.1) is 22.3 Å². The molecule has 0 saturated carbocycles. The molecule has 2 heterocycles. The summed E-state index contributed by atoms with van der Waals surface area (Å²) >= 11 is 0. The van der Waals surface area contributed by atoms with Crippen LogP contribution in [0.2, 0.25) is 0 Å². The summed E-state index contributed by atoms with van der Waals surface area (Å²) in [5, 5.41) is 9.47. The van der Waals surface area contributed by atoms with Gasteiger partial charge in [-0.2, -0.15) is 0 Å². The van der Waals surface area contributed by atoms with Crippen molar-refractivity contribution in [3.8, 4) is 11.4 Å². The third kappa shape index (κ3) is 3.61. The monoisotopic (exact) mass is 387 g/mol. The Morgan fingerprint density at radius 3 is 2.39 bits per heavy atom. The number of fused-ring (bicyclic) bond motifs is 1. The van der Waals surface area contributed by atoms with E-state index in [1.165, 1.54) is 26.2 Å². The minimum absolute atomic E-state index is 0.184. The minimum atomic E-state index is -1.29. The first-order valence-electron chi connectivity index (χ1n) is 8.96. The number of carboxylic acids is 1. The lowest BCUT2D eigenvalue weighted by Crippen LogP contribution is -2.27. The lowest BCUT2D eigenvalue weighted by atomic mass is 9.85. The van der Waals surface area contributed by atoms with Gasteiger partial charge in [0.1, 0.15) is 18.0 Å². The number of hydrogen-bond acceptors (Lipinski definition) is 3. The van der Waals surface area contributed by atoms with Crippen LogP contribution in [0.1, 0.15) is 45.9 Å². The molecular weight excluding hydrogens is 364 g/mol. The summed E-state index contributed by atoms with van der Waals surface area (Å²) in [6.07, 6.45) is 1.19. The van der Waals surface area contributed by atoms with Crippen LogP contribution in [0.3, 0.4) is 0 Å². The largest absolute Gasteiger partial charge is 0.481 e. The molecule has 0 aliphatic heterocycles. The normalized spacial score (nSPS) is 12.5. The number of carbonyl (C=O) groups is 1. The number of nitrogens with one attached hydrogen (secondary N) is 1. The molecule has 1 aromatic carbocycles. The van der Waals surface area contributed by atoms with Crippen LogP contribution in [0.15, 0.2) is 24.5 Å². The highest BCUT2D eigenvalue weighted by Gasteiger charge is 2.31. The predicted octanol–water partition coefficient (Wildman–Crippen LogP) is 4.85. The number of carboxylic acid groups (broad SMARTS) is 1. The molecule has 0 unspecified atom stereocenters. The van der Waals surface area contributed by atoms with Crippen molar-refractivity contribution in [2.45, 2.75) is 46.5 Å². The van der Waals surface area contributed by atoms with Crippen molar-refractivity contribution >= 4 is 16.9 Å². The van der Waals surface area contributed by atoms with Gasteiger partial charge in [0.25, 0.3) is 0 Å². The highest BCUT2D eigenvalue weighted by molar-refractivity contribution is 5.87. The number of hydrogen-bond donors (Lipinski definition) is 2. The zero-order valence-corrected chi connectivity index (χ0v) is 16.5. The lowest BCUT2D eigenvalue weighted by molar-refractivity contribution is -0.146. The number of nitrogens with zero attached hydrogens (tertiary/aromatic N) is 2. The SMILES string of the molecule is CC(C)(Cc1c(F)cc2[nH]c(-c3cc(C(C)(C)C)ncn3)cc2c1F)C(=O)O. The summed E-state index contributed by atoms with van der Waals surface area (Å²) < 4.78 is 29.6. The first-order chi connectivity index (χ1) is 12.9. The van der Waals surface area contributed by atoms with Gasteiger partial charge in [-0.15, -0.1) is 0 Å². The minimum Gasteiger partial charge on any atom is -0.481 e. The predicted molar refractivity (Wildman–Crippen MR) is 103 cm³/mol. The molecule has 2 N–H and O–H groups in total. The Morgan fingerprint density at radius 2 is 1.79 bits per heavy atom. The molecule has 7 heteroatoms. The van der Waals surface area contributed by atoms with Crippen LogP contribution in [0.25, 0.3) is 22.3 Å². The first kappa shape index (κ1) is 19.9. The molecule has 0 fully saturated rings. The molecule has 0 saturated heterocycles. The summed E-state index contributed by atoms with van der Waals surface area (Å²) in [7, 11) is 0. The molecule has 0 radical (unpaired) electrons. The Bertz CT molecular complexity index is 1070. The number of H-pyrrole nitrogens is 1. The van der Waals surface area contributed by atoms with Gasteiger partial charge in [0, 0.05) is 22.1 Å². The van der Waals surface area contributed by atoms with Crippen LogP contribution in [-0.2, 0) is 16.6 Å². The number of aromatic amines is 1. The maximum atomic E-state index is 15.0. The topological polar surface area (TPSA) is 78.9 Å². The van der Waals surface area contributed by atoms with Crippen molar-refractivity contribution in [3.63, 3.8) is 0 Å². The highest BCUT2D eigenvalue weighted by atomic mass is 19.1. The van der Waals surface area contributed by atoms with Gasteiger partial charge in [-0.05, 0) is 38.5 Å². The number of aliphatic carboxylic acids is 1. The fraction of sp³-hybridized carbons (Fsp3) is 0.381. The average molecular weight is 387 g/mol. The summed E-state index contributed by atoms with van der Waals surface area (Å²) in [4.78, 5) is 22.9. The molecule has 0 aliphatic rings. The Kier molecular flexibility index (Phi) is 4.73. The first-order valence-corrected chi connectivity index (χ1v) is 8.96. The van der Waals surface area contributed by atoms with Crippen LogP contribution in [0, 0.1) is 17.0 Å². The van der Waals surface area contributed by atoms with Gasteiger partial charge in [-0.1, -0.05) is 20.8 Å². The van der Waals surface area contributed by atoms with Crippen LogP contribution in [-0.4, -0.2) is 26.0 Å². The van der Waals surface area contributed by atoms with Crippen molar-refractivity contribution in [2.24, 2.45) is 5.41 Å². The summed E-state index contributed by atoms with van der Waals surface area (Å²) in [5.41, 5.74) is 0.520. The van der Waals surface area contributed by atoms with E-state index in [-0.39, 0.29) is 28.3 Å². The van der Waals surface area contributed by atoms with E-state index in [1.54, 1.807) is 6.07 Å². The lowest BCUT2D eigenvalue weighted by Gasteiger charge is -2.19. The number of aromatic nitrogens is 3. The second-order valence-corrected chi connectivity index (χ2v) is 8.70. The van der Waals surface area contributed by atoms with E-state index in [2.05, 4.69) is 15.0 Å². The van der Waals surface area contributed by atoms with Gasteiger partial charge < -0.3 is 10.1 Å². The van der Waals surface area contributed by atoms with Gasteiger partial charge in [-0.3, -0.25) is 4.79 Å². The number of halogens is 2. The Morgan fingerprint density at radius 1 is 1.11 bits per heavy atom. The zero-order valence-electron chi connectivity index (χ0n) is 16.5. The fourth-order valence-corrected chi connectivity index (χ4v) is 2.98. The van der Waals surface area contributed by atoms with Gasteiger partial charge >= 0.3 is 5.97 Å². The Balaban J connectivity index is 2.10. The van der Waals surface area contributed by atoms with Crippen molar-refractivity contribution in [1.82, 2.24) is 15.0 Å². The second kappa shape index (κ2) is 6.65. The Labute approximate surface area is 161 Å². The van der Waals surface area contributed by atoms with E-state index < -0.39 is 23.0 Å². The third-order valence-electron chi connectivity index (χ3n) is 4.82. The third-order valence-corrected chi connectivity index (χ3v) is 4.82. The quantitative estimate of drug-likeness (QED) is 0.670. The van der Waals surface area contributed by atoms with Crippen LogP contribution in [0.5, 0.6) is 0 Å². The molecule has 0 amide bonds. The summed E-state index contributed by atoms with van der Waals surface area (Å²) in [5.74, 6) is -2.64. The molecule has 148 valence electrons. The van der Waals surface area contributed by atoms with Gasteiger partial charge in [0.2, 0.25) is 0 Å². The molecule has 3 aromatic rings. The van der Waals surface area contributed by atoms with E-state index in [1.807, 2.05) is 26.8 Å². The fourth-order valence-electron chi connectivity index (χ4n) is 2.98. The van der Waals surface area contributed by atoms with Crippen LogP contribution in [0.4, 0.5) is 8.78 Å². The van der Waals surface area contributed by atoms with E-state index in [9.17, 15) is 14.3 Å². The molecule has 0 bridgehead atoms. The molecular formula is C21H23F2N3O2. The number of benzene rings is 1. The molecule has 2 aromatic heterocycles. The van der Waals surface area contributed by atoms with E-state index >= 15 is 4.39 Å². The molecule has 0 spiro atoms. The molecule has 0 atom stereocenters. The standard InChI is InChI=1S/C21H23F2N3O2/c1-20(2,3)17-8-15(24-10-25-17)16-6-11-14(26-16)7-13(22)12(18(11)23)9-21(4,5)19(27)28/h6-8,10,26H,9H2,1-5H3,(H,27,28). The van der Waals surface area contributed by atoms with Crippen LogP contribution >= 0.6 is 0 Å². The van der Waals surface area contributed by atoms with E-state index in [0.717, 1.165) is 5.69 Å². The molecule has 3 rings (SSSR count). The smallest absolute Gasteiger partial charge is 0.309 e. The van der Waals surface area contributed by atoms with E-state index in [4.69, 9.17) is 0 Å². The van der Waals surface area contributed by atoms with Crippen LogP contribution < -0.4 is 0 Å². The van der Waals surface area contributed by atoms with Crippen molar-refractivity contribution in [2.75, 3.05) is 0 Å². The average Bonchev–Trinajstić information content (AvgIpc) is 3.02. The maximum Gasteiger partial charge on any atom is 0.309 e. The number of rotatable bonds is 4. The molecule has 28 heavy (non-hydrogen) atoms. The Hall–Kier alpha value is -2.83. The van der Waals surface area contributed by atoms with E-state index in [0.29, 0.717) is 11.4 Å². The zero-order chi connectivity index (χ0) is 20.9. The van der Waals surface area contributed by atoms with Gasteiger partial charge in [-0.25, -0.2) is 18.7 Å². The molecule has 0 aliphatic carbocycles. The second-order valence-electron chi connectivity index (χ2n) is 8.70. The summed E-state index contributed by atoms with van der Waals surface area (Å²) in [6.45, 7) is 8.95. The maximum absolute atomic E-state index is 15.0. The molecule has 5 nitrogen and oxygen atoms in total. The van der Waals surface area contributed by atoms with Crippen molar-refractivity contribution in [1.29, 1.82) is 0 Å². The van der Waals surface area contributed by atoms with Gasteiger partial charge in [0.15, 0.2) is 0 Å².